The molecule has 0 saturated carbocycles. The standard InChI is InChI=1S/C12H8F4N2O2/c13-9-2-1-7(3-8(9)12(14,15)16)4-18-5-10(11(19)20)17-6-18/h1-3,5-6H,4H2,(H,19,20). The Labute approximate surface area is 110 Å². The summed E-state index contributed by atoms with van der Waals surface area (Å²) in [4.78, 5) is 14.2. The molecule has 8 heteroatoms. The first kappa shape index (κ1) is 14.0. The topological polar surface area (TPSA) is 55.1 Å². The molecule has 4 nitrogen and oxygen atoms in total. The summed E-state index contributed by atoms with van der Waals surface area (Å²) < 4.78 is 52.0. The van der Waals surface area contributed by atoms with Crippen molar-refractivity contribution >= 4 is 5.97 Å². The van der Waals surface area contributed by atoms with Crippen molar-refractivity contribution in [2.45, 2.75) is 12.7 Å². The molecule has 1 aromatic heterocycles. The van der Waals surface area contributed by atoms with E-state index in [1.54, 1.807) is 0 Å². The zero-order chi connectivity index (χ0) is 14.9. The highest BCUT2D eigenvalue weighted by atomic mass is 19.4. The fourth-order valence-corrected chi connectivity index (χ4v) is 1.66. The molecule has 0 atom stereocenters. The number of hydrogen-bond donors (Lipinski definition) is 1. The van der Waals surface area contributed by atoms with Crippen LogP contribution in [-0.2, 0) is 12.7 Å². The second-order valence-corrected chi connectivity index (χ2v) is 4.05. The fraction of sp³-hybridized carbons (Fsp3) is 0.167. The van der Waals surface area contributed by atoms with Gasteiger partial charge in [0.15, 0.2) is 5.69 Å². The molecular weight excluding hydrogens is 280 g/mol. The maximum Gasteiger partial charge on any atom is 0.419 e. The number of aromatic nitrogens is 2. The molecule has 1 heterocycles. The van der Waals surface area contributed by atoms with Crippen LogP contribution in [0, 0.1) is 5.82 Å². The smallest absolute Gasteiger partial charge is 0.419 e. The normalized spacial score (nSPS) is 11.6. The van der Waals surface area contributed by atoms with Crippen LogP contribution in [0.5, 0.6) is 0 Å². The van der Waals surface area contributed by atoms with Gasteiger partial charge in [0.1, 0.15) is 5.82 Å². The van der Waals surface area contributed by atoms with E-state index in [1.165, 1.54) is 23.2 Å². The van der Waals surface area contributed by atoms with Crippen molar-refractivity contribution in [2.75, 3.05) is 0 Å². The van der Waals surface area contributed by atoms with Crippen LogP contribution in [0.3, 0.4) is 0 Å². The van der Waals surface area contributed by atoms with Gasteiger partial charge >= 0.3 is 12.1 Å². The van der Waals surface area contributed by atoms with E-state index < -0.39 is 23.5 Å². The van der Waals surface area contributed by atoms with E-state index in [4.69, 9.17) is 5.11 Å². The third-order valence-corrected chi connectivity index (χ3v) is 2.55. The molecule has 0 amide bonds. The molecule has 0 radical (unpaired) electrons. The number of aromatic carboxylic acids is 1. The third kappa shape index (κ3) is 2.95. The predicted molar refractivity (Wildman–Crippen MR) is 59.7 cm³/mol. The summed E-state index contributed by atoms with van der Waals surface area (Å²) in [6, 6.07) is 2.62. The summed E-state index contributed by atoms with van der Waals surface area (Å²) in [6.07, 6.45) is -2.42. The molecule has 0 saturated heterocycles. The van der Waals surface area contributed by atoms with Gasteiger partial charge in [0.2, 0.25) is 0 Å². The molecule has 0 bridgehead atoms. The Balaban J connectivity index is 2.27. The van der Waals surface area contributed by atoms with Crippen molar-refractivity contribution in [2.24, 2.45) is 0 Å². The molecule has 106 valence electrons. The van der Waals surface area contributed by atoms with Crippen LogP contribution >= 0.6 is 0 Å². The number of benzene rings is 1. The van der Waals surface area contributed by atoms with Gasteiger partial charge < -0.3 is 9.67 Å². The number of carboxylic acid groups (broad SMARTS) is 1. The Morgan fingerprint density at radius 2 is 2.05 bits per heavy atom. The highest BCUT2D eigenvalue weighted by Crippen LogP contribution is 2.32. The van der Waals surface area contributed by atoms with Gasteiger partial charge in [0.25, 0.3) is 0 Å². The van der Waals surface area contributed by atoms with Crippen LogP contribution in [0.2, 0.25) is 0 Å². The van der Waals surface area contributed by atoms with Crippen LogP contribution in [0.1, 0.15) is 21.6 Å². The number of imidazole rings is 1. The van der Waals surface area contributed by atoms with Crippen LogP contribution in [0.25, 0.3) is 0 Å². The summed E-state index contributed by atoms with van der Waals surface area (Å²) in [5, 5.41) is 8.68. The minimum absolute atomic E-state index is 0.0381. The number of carboxylic acids is 1. The fourth-order valence-electron chi connectivity index (χ4n) is 1.66. The summed E-state index contributed by atoms with van der Waals surface area (Å²) in [7, 11) is 0. The van der Waals surface area contributed by atoms with Gasteiger partial charge in [-0.05, 0) is 17.7 Å². The Bertz CT molecular complexity index is 649. The molecule has 1 N–H and O–H groups in total. The lowest BCUT2D eigenvalue weighted by Crippen LogP contribution is -2.09. The van der Waals surface area contributed by atoms with Crippen LogP contribution < -0.4 is 0 Å². The zero-order valence-electron chi connectivity index (χ0n) is 9.86. The monoisotopic (exact) mass is 288 g/mol. The minimum Gasteiger partial charge on any atom is -0.476 e. The Morgan fingerprint density at radius 3 is 2.60 bits per heavy atom. The van der Waals surface area contributed by atoms with E-state index in [0.29, 0.717) is 6.07 Å². The quantitative estimate of drug-likeness (QED) is 0.884. The molecule has 0 fully saturated rings. The minimum atomic E-state index is -4.78. The average Bonchev–Trinajstić information content (AvgIpc) is 2.79. The SMILES string of the molecule is O=C(O)c1cn(Cc2ccc(F)c(C(F)(F)F)c2)cn1. The Hall–Kier alpha value is -2.38. The largest absolute Gasteiger partial charge is 0.476 e. The van der Waals surface area contributed by atoms with Crippen LogP contribution in [-0.4, -0.2) is 20.6 Å². The predicted octanol–water partition coefficient (Wildman–Crippen LogP) is 2.79. The molecule has 0 aliphatic rings. The molecule has 0 unspecified atom stereocenters. The van der Waals surface area contributed by atoms with E-state index in [1.807, 2.05) is 0 Å². The molecule has 20 heavy (non-hydrogen) atoms. The lowest BCUT2D eigenvalue weighted by Gasteiger charge is -2.10. The van der Waals surface area contributed by atoms with Crippen LogP contribution in [0.4, 0.5) is 17.6 Å². The van der Waals surface area contributed by atoms with E-state index in [-0.39, 0.29) is 17.8 Å². The molecule has 0 aliphatic carbocycles. The lowest BCUT2D eigenvalue weighted by molar-refractivity contribution is -0.140. The number of nitrogens with zero attached hydrogens (tertiary/aromatic N) is 2. The summed E-state index contributed by atoms with van der Waals surface area (Å²) in [5.41, 5.74) is -1.38. The Morgan fingerprint density at radius 1 is 1.35 bits per heavy atom. The summed E-state index contributed by atoms with van der Waals surface area (Å²) in [6.45, 7) is -0.0381. The first-order valence-corrected chi connectivity index (χ1v) is 5.38. The second kappa shape index (κ2) is 4.95. The number of hydrogen-bond acceptors (Lipinski definition) is 2. The van der Waals surface area contributed by atoms with Gasteiger partial charge in [-0.15, -0.1) is 0 Å². The van der Waals surface area contributed by atoms with Crippen molar-refractivity contribution in [3.8, 4) is 0 Å². The van der Waals surface area contributed by atoms with Gasteiger partial charge in [-0.2, -0.15) is 13.2 Å². The maximum atomic E-state index is 13.1. The average molecular weight is 288 g/mol. The van der Waals surface area contributed by atoms with Crippen molar-refractivity contribution in [3.05, 3.63) is 53.4 Å². The number of rotatable bonds is 3. The van der Waals surface area contributed by atoms with E-state index >= 15 is 0 Å². The van der Waals surface area contributed by atoms with Gasteiger partial charge in [-0.1, -0.05) is 6.07 Å². The number of alkyl halides is 3. The maximum absolute atomic E-state index is 13.1. The summed E-state index contributed by atoms with van der Waals surface area (Å²) >= 11 is 0. The molecule has 0 aliphatic heterocycles. The highest BCUT2D eigenvalue weighted by molar-refractivity contribution is 5.84. The third-order valence-electron chi connectivity index (χ3n) is 2.55. The van der Waals surface area contributed by atoms with E-state index in [2.05, 4.69) is 4.98 Å². The van der Waals surface area contributed by atoms with E-state index in [0.717, 1.165) is 6.07 Å². The van der Waals surface area contributed by atoms with Crippen molar-refractivity contribution < 1.29 is 27.5 Å². The van der Waals surface area contributed by atoms with E-state index in [9.17, 15) is 22.4 Å². The van der Waals surface area contributed by atoms with Crippen molar-refractivity contribution in [1.29, 1.82) is 0 Å². The molecule has 1 aromatic carbocycles. The molecule has 2 rings (SSSR count). The zero-order valence-corrected chi connectivity index (χ0v) is 9.86. The van der Waals surface area contributed by atoms with Gasteiger partial charge in [0, 0.05) is 12.7 Å². The summed E-state index contributed by atoms with van der Waals surface area (Å²) in [5.74, 6) is -2.59. The molecule has 0 spiro atoms. The highest BCUT2D eigenvalue weighted by Gasteiger charge is 2.34. The van der Waals surface area contributed by atoms with Crippen molar-refractivity contribution in [1.82, 2.24) is 9.55 Å². The van der Waals surface area contributed by atoms with Gasteiger partial charge in [0.05, 0.1) is 11.9 Å². The number of halogens is 4. The Kier molecular flexibility index (Phi) is 3.47. The lowest BCUT2D eigenvalue weighted by atomic mass is 10.1. The van der Waals surface area contributed by atoms with Gasteiger partial charge in [-0.25, -0.2) is 14.2 Å². The van der Waals surface area contributed by atoms with Crippen molar-refractivity contribution in [3.63, 3.8) is 0 Å². The molecular formula is C12H8F4N2O2. The second-order valence-electron chi connectivity index (χ2n) is 4.05. The number of carbonyl (C=O) groups is 1. The van der Waals surface area contributed by atoms with Gasteiger partial charge in [-0.3, -0.25) is 0 Å². The molecule has 2 aromatic rings. The first-order chi connectivity index (χ1) is 9.27. The first-order valence-electron chi connectivity index (χ1n) is 5.38. The van der Waals surface area contributed by atoms with Crippen LogP contribution in [0.15, 0.2) is 30.7 Å².